The van der Waals surface area contributed by atoms with Gasteiger partial charge < -0.3 is 9.84 Å². The van der Waals surface area contributed by atoms with Gasteiger partial charge in [-0.25, -0.2) is 4.79 Å². The van der Waals surface area contributed by atoms with Gasteiger partial charge in [-0.15, -0.1) is 0 Å². The minimum atomic E-state index is -0.949. The van der Waals surface area contributed by atoms with Gasteiger partial charge in [-0.3, -0.25) is 0 Å². The second kappa shape index (κ2) is 6.44. The van der Waals surface area contributed by atoms with E-state index in [9.17, 15) is 9.90 Å². The van der Waals surface area contributed by atoms with Crippen molar-refractivity contribution in [2.45, 2.75) is 33.3 Å². The van der Waals surface area contributed by atoms with Crippen LogP contribution in [0, 0.1) is 20.8 Å². The highest BCUT2D eigenvalue weighted by molar-refractivity contribution is 5.73. The number of carboxylic acid groups (broad SMARTS) is 1. The number of hydrogen-bond acceptors (Lipinski definition) is 2. The van der Waals surface area contributed by atoms with E-state index in [0.29, 0.717) is 12.2 Å². The molecule has 2 rings (SSSR count). The Morgan fingerprint density at radius 2 is 1.86 bits per heavy atom. The summed E-state index contributed by atoms with van der Waals surface area (Å²) in [7, 11) is 0. The minimum absolute atomic E-state index is 0.352. The average molecular weight is 284 g/mol. The number of hydrogen-bond donors (Lipinski definition) is 1. The van der Waals surface area contributed by atoms with Gasteiger partial charge in [0, 0.05) is 6.42 Å². The summed E-state index contributed by atoms with van der Waals surface area (Å²) in [6, 6.07) is 13.4. The summed E-state index contributed by atoms with van der Waals surface area (Å²) in [6.07, 6.45) is -0.529. The third-order valence-electron chi connectivity index (χ3n) is 3.54. The van der Waals surface area contributed by atoms with Gasteiger partial charge in [0.1, 0.15) is 5.75 Å². The van der Waals surface area contributed by atoms with Crippen molar-refractivity contribution in [1.29, 1.82) is 0 Å². The van der Waals surface area contributed by atoms with Crippen LogP contribution in [0.5, 0.6) is 5.75 Å². The topological polar surface area (TPSA) is 46.5 Å². The monoisotopic (exact) mass is 284 g/mol. The summed E-state index contributed by atoms with van der Waals surface area (Å²) in [6.45, 7) is 6.01. The van der Waals surface area contributed by atoms with Crippen molar-refractivity contribution in [3.63, 3.8) is 0 Å². The normalized spacial score (nSPS) is 12.0. The molecule has 0 aliphatic heterocycles. The average Bonchev–Trinajstić information content (AvgIpc) is 2.42. The van der Waals surface area contributed by atoms with E-state index in [1.54, 1.807) is 6.07 Å². The Balaban J connectivity index is 2.15. The van der Waals surface area contributed by atoms with Gasteiger partial charge in [-0.2, -0.15) is 0 Å². The molecular formula is C18H20O3. The van der Waals surface area contributed by atoms with Crippen molar-refractivity contribution in [3.05, 3.63) is 64.7 Å². The maximum absolute atomic E-state index is 11.4. The maximum atomic E-state index is 11.4. The molecule has 2 aromatic carbocycles. The molecule has 0 aliphatic carbocycles. The van der Waals surface area contributed by atoms with E-state index in [4.69, 9.17) is 4.74 Å². The quantitative estimate of drug-likeness (QED) is 0.911. The Bertz CT molecular complexity index is 647. The highest BCUT2D eigenvalue weighted by Crippen LogP contribution is 2.18. The van der Waals surface area contributed by atoms with E-state index in [1.807, 2.05) is 57.2 Å². The predicted molar refractivity (Wildman–Crippen MR) is 82.9 cm³/mol. The molecule has 110 valence electrons. The zero-order valence-electron chi connectivity index (χ0n) is 12.6. The van der Waals surface area contributed by atoms with Crippen LogP contribution in [-0.2, 0) is 11.2 Å². The Hall–Kier alpha value is -2.29. The van der Waals surface area contributed by atoms with Crippen molar-refractivity contribution in [2.75, 3.05) is 0 Å². The third kappa shape index (κ3) is 4.09. The number of aliphatic carboxylic acids is 1. The molecule has 0 aliphatic rings. The Kier molecular flexibility index (Phi) is 4.63. The molecule has 0 saturated heterocycles. The summed E-state index contributed by atoms with van der Waals surface area (Å²) < 4.78 is 5.63. The first kappa shape index (κ1) is 15.1. The summed E-state index contributed by atoms with van der Waals surface area (Å²) in [5.74, 6) is -0.360. The Labute approximate surface area is 125 Å². The van der Waals surface area contributed by atoms with Crippen LogP contribution >= 0.6 is 0 Å². The van der Waals surface area contributed by atoms with Gasteiger partial charge in [0.2, 0.25) is 0 Å². The van der Waals surface area contributed by atoms with Crippen LogP contribution in [0.25, 0.3) is 0 Å². The lowest BCUT2D eigenvalue weighted by Gasteiger charge is -2.16. The lowest BCUT2D eigenvalue weighted by molar-refractivity contribution is -0.145. The molecule has 1 N–H and O–H groups in total. The van der Waals surface area contributed by atoms with E-state index >= 15 is 0 Å². The standard InChI is InChI=1S/C18H20O3/c1-12-5-4-6-16(9-12)21-17(18(19)20)11-15-8-7-13(2)14(3)10-15/h4-10,17H,11H2,1-3H3,(H,19,20). The molecule has 0 spiro atoms. The van der Waals surface area contributed by atoms with Crippen LogP contribution in [0.15, 0.2) is 42.5 Å². The summed E-state index contributed by atoms with van der Waals surface area (Å²) in [5.41, 5.74) is 4.37. The lowest BCUT2D eigenvalue weighted by Crippen LogP contribution is -2.29. The predicted octanol–water partition coefficient (Wildman–Crippen LogP) is 3.69. The second-order valence-electron chi connectivity index (χ2n) is 5.38. The molecule has 2 aromatic rings. The van der Waals surface area contributed by atoms with Crippen molar-refractivity contribution in [3.8, 4) is 5.75 Å². The summed E-state index contributed by atoms with van der Waals surface area (Å²) >= 11 is 0. The van der Waals surface area contributed by atoms with Crippen LogP contribution in [-0.4, -0.2) is 17.2 Å². The molecule has 1 unspecified atom stereocenters. The number of carboxylic acids is 1. The number of aryl methyl sites for hydroxylation is 3. The molecule has 0 fully saturated rings. The van der Waals surface area contributed by atoms with E-state index < -0.39 is 12.1 Å². The van der Waals surface area contributed by atoms with E-state index in [2.05, 4.69) is 0 Å². The van der Waals surface area contributed by atoms with Crippen LogP contribution in [0.2, 0.25) is 0 Å². The molecule has 21 heavy (non-hydrogen) atoms. The van der Waals surface area contributed by atoms with Crippen LogP contribution in [0.1, 0.15) is 22.3 Å². The third-order valence-corrected chi connectivity index (χ3v) is 3.54. The van der Waals surface area contributed by atoms with Gasteiger partial charge in [0.25, 0.3) is 0 Å². The van der Waals surface area contributed by atoms with Gasteiger partial charge in [0.05, 0.1) is 0 Å². The lowest BCUT2D eigenvalue weighted by atomic mass is 10.0. The summed E-state index contributed by atoms with van der Waals surface area (Å²) in [4.78, 5) is 11.4. The van der Waals surface area contributed by atoms with Crippen molar-refractivity contribution < 1.29 is 14.6 Å². The largest absolute Gasteiger partial charge is 0.478 e. The van der Waals surface area contributed by atoms with Crippen molar-refractivity contribution in [2.24, 2.45) is 0 Å². The molecule has 0 heterocycles. The highest BCUT2D eigenvalue weighted by atomic mass is 16.5. The van der Waals surface area contributed by atoms with Crippen LogP contribution < -0.4 is 4.74 Å². The van der Waals surface area contributed by atoms with Gasteiger partial charge in [0.15, 0.2) is 6.10 Å². The molecule has 0 radical (unpaired) electrons. The fourth-order valence-electron chi connectivity index (χ4n) is 2.18. The molecule has 3 heteroatoms. The molecule has 0 saturated carbocycles. The molecule has 0 amide bonds. The Morgan fingerprint density at radius 3 is 2.48 bits per heavy atom. The van der Waals surface area contributed by atoms with Crippen LogP contribution in [0.3, 0.4) is 0 Å². The fraction of sp³-hybridized carbons (Fsp3) is 0.278. The SMILES string of the molecule is Cc1cccc(OC(Cc2ccc(C)c(C)c2)C(=O)O)c1. The first-order chi connectivity index (χ1) is 9.95. The molecule has 0 aromatic heterocycles. The number of benzene rings is 2. The van der Waals surface area contributed by atoms with Gasteiger partial charge >= 0.3 is 5.97 Å². The number of rotatable bonds is 5. The zero-order valence-corrected chi connectivity index (χ0v) is 12.6. The van der Waals surface area contributed by atoms with E-state index in [1.165, 1.54) is 5.56 Å². The highest BCUT2D eigenvalue weighted by Gasteiger charge is 2.20. The van der Waals surface area contributed by atoms with Gasteiger partial charge in [-0.05, 0) is 55.2 Å². The smallest absolute Gasteiger partial charge is 0.345 e. The van der Waals surface area contributed by atoms with Gasteiger partial charge in [-0.1, -0.05) is 30.3 Å². The second-order valence-corrected chi connectivity index (χ2v) is 5.38. The first-order valence-electron chi connectivity index (χ1n) is 6.98. The molecule has 0 bridgehead atoms. The number of ether oxygens (including phenoxy) is 1. The van der Waals surface area contributed by atoms with E-state index in [0.717, 1.165) is 16.7 Å². The first-order valence-corrected chi connectivity index (χ1v) is 6.98. The van der Waals surface area contributed by atoms with E-state index in [-0.39, 0.29) is 0 Å². The molecular weight excluding hydrogens is 264 g/mol. The summed E-state index contributed by atoms with van der Waals surface area (Å²) in [5, 5.41) is 9.36. The molecule has 3 nitrogen and oxygen atoms in total. The molecule has 1 atom stereocenters. The fourth-order valence-corrected chi connectivity index (χ4v) is 2.18. The maximum Gasteiger partial charge on any atom is 0.345 e. The van der Waals surface area contributed by atoms with Crippen molar-refractivity contribution in [1.82, 2.24) is 0 Å². The number of carbonyl (C=O) groups is 1. The van der Waals surface area contributed by atoms with Crippen LogP contribution in [0.4, 0.5) is 0 Å². The zero-order chi connectivity index (χ0) is 15.4. The van der Waals surface area contributed by atoms with Crippen molar-refractivity contribution >= 4 is 5.97 Å². The Morgan fingerprint density at radius 1 is 1.10 bits per heavy atom. The minimum Gasteiger partial charge on any atom is -0.478 e.